The minimum atomic E-state index is -1.83. The standard InChI is InChI=1S/C7H10N2.CH2O3.Na.H/c1-9(2)7-3-5-8-6-4-7;2-1(3)4;;/h3-6H,1-2H3;(H2,2,3,4);;. The molecule has 74 valence electrons. The van der Waals surface area contributed by atoms with Gasteiger partial charge in [0.2, 0.25) is 0 Å². The van der Waals surface area contributed by atoms with Gasteiger partial charge in [0.15, 0.2) is 0 Å². The molecule has 0 aliphatic rings. The molecule has 0 bridgehead atoms. The van der Waals surface area contributed by atoms with E-state index in [1.54, 1.807) is 12.4 Å². The fraction of sp³-hybridized carbons (Fsp3) is 0.250. The summed E-state index contributed by atoms with van der Waals surface area (Å²) in [5.74, 6) is 0. The Bertz CT molecular complexity index is 250. The number of carboxylic acid groups (broad SMARTS) is 2. The molecule has 0 amide bonds. The van der Waals surface area contributed by atoms with Gasteiger partial charge in [0.05, 0.1) is 0 Å². The van der Waals surface area contributed by atoms with E-state index >= 15 is 0 Å². The van der Waals surface area contributed by atoms with Gasteiger partial charge in [0.25, 0.3) is 0 Å². The predicted molar refractivity (Wildman–Crippen MR) is 56.4 cm³/mol. The number of aromatic nitrogens is 1. The molecule has 1 heterocycles. The number of hydrogen-bond donors (Lipinski definition) is 2. The van der Waals surface area contributed by atoms with Gasteiger partial charge in [-0.05, 0) is 12.1 Å². The summed E-state index contributed by atoms with van der Waals surface area (Å²) in [6, 6.07) is 3.94. The number of hydrogen-bond acceptors (Lipinski definition) is 3. The number of anilines is 1. The van der Waals surface area contributed by atoms with Crippen molar-refractivity contribution in [3.63, 3.8) is 0 Å². The number of pyridine rings is 1. The summed E-state index contributed by atoms with van der Waals surface area (Å²) in [6.07, 6.45) is 1.74. The molecule has 2 N–H and O–H groups in total. The summed E-state index contributed by atoms with van der Waals surface area (Å²) in [4.78, 5) is 14.5. The molecule has 0 unspecified atom stereocenters. The minimum absolute atomic E-state index is 0. The monoisotopic (exact) mass is 208 g/mol. The second-order valence-corrected chi connectivity index (χ2v) is 2.38. The molecule has 5 nitrogen and oxygen atoms in total. The summed E-state index contributed by atoms with van der Waals surface area (Å²) in [7, 11) is 4.02. The van der Waals surface area contributed by atoms with Gasteiger partial charge in [0, 0.05) is 32.2 Å². The number of carbonyl (C=O) groups is 1. The summed E-state index contributed by atoms with van der Waals surface area (Å²) < 4.78 is 0. The van der Waals surface area contributed by atoms with E-state index in [0.29, 0.717) is 0 Å². The van der Waals surface area contributed by atoms with Crippen molar-refractivity contribution in [3.8, 4) is 0 Å². The number of rotatable bonds is 1. The fourth-order valence-corrected chi connectivity index (χ4v) is 0.642. The molecule has 0 saturated carbocycles. The van der Waals surface area contributed by atoms with E-state index in [0.717, 1.165) is 0 Å². The van der Waals surface area contributed by atoms with Crippen LogP contribution in [0.1, 0.15) is 0 Å². The van der Waals surface area contributed by atoms with Crippen LogP contribution >= 0.6 is 0 Å². The molecule has 6 heteroatoms. The van der Waals surface area contributed by atoms with Crippen LogP contribution in [0.2, 0.25) is 0 Å². The second kappa shape index (κ2) is 8.80. The van der Waals surface area contributed by atoms with E-state index in [4.69, 9.17) is 15.0 Å². The van der Waals surface area contributed by atoms with Crippen molar-refractivity contribution in [1.82, 2.24) is 4.98 Å². The molecule has 0 aromatic carbocycles. The van der Waals surface area contributed by atoms with Gasteiger partial charge in [-0.15, -0.1) is 0 Å². The molecule has 1 rings (SSSR count). The molecule has 1 aromatic rings. The third-order valence-corrected chi connectivity index (χ3v) is 1.18. The van der Waals surface area contributed by atoms with Crippen LogP contribution in [0.4, 0.5) is 10.5 Å². The van der Waals surface area contributed by atoms with Crippen LogP contribution in [0.5, 0.6) is 0 Å². The zero-order valence-corrected chi connectivity index (χ0v) is 7.51. The first-order valence-electron chi connectivity index (χ1n) is 3.53. The molecule has 0 atom stereocenters. The van der Waals surface area contributed by atoms with E-state index in [-0.39, 0.29) is 29.6 Å². The van der Waals surface area contributed by atoms with Gasteiger partial charge in [-0.2, -0.15) is 0 Å². The van der Waals surface area contributed by atoms with Gasteiger partial charge in [0.1, 0.15) is 0 Å². The van der Waals surface area contributed by atoms with E-state index < -0.39 is 6.16 Å². The third kappa shape index (κ3) is 9.31. The van der Waals surface area contributed by atoms with Gasteiger partial charge in [-0.3, -0.25) is 4.98 Å². The van der Waals surface area contributed by atoms with Crippen molar-refractivity contribution >= 4 is 41.4 Å². The molecule has 0 fully saturated rings. The van der Waals surface area contributed by atoms with Gasteiger partial charge in [-0.25, -0.2) is 4.79 Å². The van der Waals surface area contributed by atoms with E-state index in [9.17, 15) is 0 Å². The fourth-order valence-electron chi connectivity index (χ4n) is 0.642. The zero-order chi connectivity index (χ0) is 10.3. The van der Waals surface area contributed by atoms with Crippen LogP contribution in [0.3, 0.4) is 0 Å². The Morgan fingerprint density at radius 1 is 1.29 bits per heavy atom. The van der Waals surface area contributed by atoms with Crippen LogP contribution in [-0.2, 0) is 0 Å². The molecule has 0 saturated heterocycles. The van der Waals surface area contributed by atoms with Crippen LogP contribution in [0, 0.1) is 0 Å². The van der Waals surface area contributed by atoms with Crippen molar-refractivity contribution < 1.29 is 15.0 Å². The Labute approximate surface area is 105 Å². The van der Waals surface area contributed by atoms with E-state index in [1.807, 2.05) is 31.1 Å². The summed E-state index contributed by atoms with van der Waals surface area (Å²) in [5, 5.41) is 13.9. The number of nitrogens with zero attached hydrogens (tertiary/aromatic N) is 2. The average Bonchev–Trinajstić information content (AvgIpc) is 2.05. The average molecular weight is 208 g/mol. The van der Waals surface area contributed by atoms with Crippen LogP contribution in [-0.4, -0.2) is 65.0 Å². The zero-order valence-electron chi connectivity index (χ0n) is 7.51. The Balaban J connectivity index is 0. The molecule has 0 aliphatic heterocycles. The Hall–Kier alpha value is -0.780. The normalized spacial score (nSPS) is 7.57. The van der Waals surface area contributed by atoms with Crippen LogP contribution in [0.15, 0.2) is 24.5 Å². The maximum atomic E-state index is 8.56. The van der Waals surface area contributed by atoms with Crippen LogP contribution < -0.4 is 4.90 Å². The topological polar surface area (TPSA) is 73.7 Å². The first-order valence-corrected chi connectivity index (χ1v) is 3.53. The Kier molecular flexibility index (Phi) is 9.86. The van der Waals surface area contributed by atoms with Crippen molar-refractivity contribution in [2.24, 2.45) is 0 Å². The third-order valence-electron chi connectivity index (χ3n) is 1.18. The quantitative estimate of drug-likeness (QED) is 0.665. The van der Waals surface area contributed by atoms with Crippen LogP contribution in [0.25, 0.3) is 0 Å². The van der Waals surface area contributed by atoms with Gasteiger partial charge < -0.3 is 15.1 Å². The molecule has 14 heavy (non-hydrogen) atoms. The molecular formula is C8H13N2NaO3. The SMILES string of the molecule is CN(C)c1ccncc1.O=C(O)O.[NaH]. The molecule has 1 aromatic heterocycles. The Morgan fingerprint density at radius 3 is 1.86 bits per heavy atom. The molecule has 0 spiro atoms. The summed E-state index contributed by atoms with van der Waals surface area (Å²) in [5.41, 5.74) is 1.19. The van der Waals surface area contributed by atoms with Crippen molar-refractivity contribution in [1.29, 1.82) is 0 Å². The molecular weight excluding hydrogens is 195 g/mol. The summed E-state index contributed by atoms with van der Waals surface area (Å²) >= 11 is 0. The van der Waals surface area contributed by atoms with E-state index in [2.05, 4.69) is 4.98 Å². The first-order chi connectivity index (χ1) is 6.04. The predicted octanol–water partition coefficient (Wildman–Crippen LogP) is 0.721. The van der Waals surface area contributed by atoms with Gasteiger partial charge in [-0.1, -0.05) is 0 Å². The van der Waals surface area contributed by atoms with Crippen molar-refractivity contribution in [3.05, 3.63) is 24.5 Å². The molecule has 0 aliphatic carbocycles. The maximum absolute atomic E-state index is 8.56. The summed E-state index contributed by atoms with van der Waals surface area (Å²) in [6.45, 7) is 0. The van der Waals surface area contributed by atoms with Crippen molar-refractivity contribution in [2.45, 2.75) is 0 Å². The molecule has 0 radical (unpaired) electrons. The van der Waals surface area contributed by atoms with Crippen molar-refractivity contribution in [2.75, 3.05) is 19.0 Å². The Morgan fingerprint density at radius 2 is 1.64 bits per heavy atom. The van der Waals surface area contributed by atoms with E-state index in [1.165, 1.54) is 5.69 Å². The van der Waals surface area contributed by atoms with Gasteiger partial charge >= 0.3 is 35.7 Å². The second-order valence-electron chi connectivity index (χ2n) is 2.38. The first kappa shape index (κ1) is 15.7.